The van der Waals surface area contributed by atoms with E-state index in [-0.39, 0.29) is 29.8 Å². The number of rotatable bonds is 2. The molecule has 13 nitrogen and oxygen atoms in total. The fourth-order valence-electron chi connectivity index (χ4n) is 6.32. The third-order valence-electron chi connectivity index (χ3n) is 9.10. The average molecular weight is 711 g/mol. The number of hydrogen-bond acceptors (Lipinski definition) is 8. The number of halogens is 1. The number of piperidine rings is 2. The first-order valence-corrected chi connectivity index (χ1v) is 17.8. The van der Waals surface area contributed by atoms with Crippen LogP contribution < -0.4 is 5.56 Å². The molecule has 6 rings (SSSR count). The fraction of sp³-hybridized carbons (Fsp3) is 0.611. The number of hydrogen-bond donors (Lipinski definition) is 1. The molecule has 4 aromatic rings. The molecule has 0 unspecified atom stereocenters. The predicted octanol–water partition coefficient (Wildman–Crippen LogP) is 7.56. The number of aromatic amines is 1. The quantitative estimate of drug-likeness (QED) is 0.210. The lowest BCUT2D eigenvalue weighted by atomic mass is 10.00. The zero-order valence-electron chi connectivity index (χ0n) is 31.0. The van der Waals surface area contributed by atoms with Crippen LogP contribution in [-0.4, -0.2) is 75.5 Å². The second-order valence-corrected chi connectivity index (χ2v) is 15.7. The third kappa shape index (κ3) is 8.08. The minimum absolute atomic E-state index is 0.103. The molecule has 50 heavy (non-hydrogen) atoms. The zero-order chi connectivity index (χ0) is 36.7. The van der Waals surface area contributed by atoms with Gasteiger partial charge in [-0.3, -0.25) is 19.7 Å². The summed E-state index contributed by atoms with van der Waals surface area (Å²) in [6.07, 6.45) is 5.09. The van der Waals surface area contributed by atoms with E-state index in [0.29, 0.717) is 35.1 Å². The first kappa shape index (κ1) is 37.1. The normalized spacial score (nSPS) is 18.6. The monoisotopic (exact) mass is 710 g/mol. The Kier molecular flexibility index (Phi) is 10.6. The first-order valence-electron chi connectivity index (χ1n) is 17.4. The molecule has 1 N–H and O–H groups in total. The minimum atomic E-state index is -0.535. The van der Waals surface area contributed by atoms with Crippen LogP contribution in [-0.2, 0) is 9.47 Å². The number of carbonyl (C=O) groups is 2. The number of ether oxygens (including phenoxy) is 2. The van der Waals surface area contributed by atoms with Gasteiger partial charge in [-0.05, 0) is 108 Å². The smallest absolute Gasteiger partial charge is 0.410 e. The maximum absolute atomic E-state index is 12.6. The maximum atomic E-state index is 12.6. The Labute approximate surface area is 298 Å². The molecule has 2 aliphatic rings. The van der Waals surface area contributed by atoms with E-state index in [0.717, 1.165) is 66.9 Å². The lowest BCUT2D eigenvalue weighted by Crippen LogP contribution is -2.42. The molecule has 4 aromatic heterocycles. The summed E-state index contributed by atoms with van der Waals surface area (Å²) in [5.74, 6) is 0. The number of nitrogens with one attached hydrogen (secondary N) is 1. The summed E-state index contributed by atoms with van der Waals surface area (Å²) in [4.78, 5) is 50.2. The Bertz CT molecular complexity index is 1950. The van der Waals surface area contributed by atoms with E-state index >= 15 is 0 Å². The van der Waals surface area contributed by atoms with Crippen molar-refractivity contribution < 1.29 is 19.1 Å². The van der Waals surface area contributed by atoms with Crippen LogP contribution in [0.4, 0.5) is 9.59 Å². The summed E-state index contributed by atoms with van der Waals surface area (Å²) in [7, 11) is 0. The predicted molar refractivity (Wildman–Crippen MR) is 192 cm³/mol. The average Bonchev–Trinajstić information content (AvgIpc) is 3.66. The van der Waals surface area contributed by atoms with Gasteiger partial charge in [0.05, 0.1) is 23.5 Å². The van der Waals surface area contributed by atoms with Gasteiger partial charge in [-0.25, -0.2) is 28.6 Å². The van der Waals surface area contributed by atoms with E-state index in [2.05, 4.69) is 20.2 Å². The van der Waals surface area contributed by atoms with Gasteiger partial charge in [0.1, 0.15) is 16.4 Å². The van der Waals surface area contributed by atoms with Gasteiger partial charge in [-0.1, -0.05) is 11.6 Å². The van der Waals surface area contributed by atoms with Crippen LogP contribution in [0.25, 0.3) is 11.3 Å². The second kappa shape index (κ2) is 14.2. The molecular formula is C36H51ClN8O5. The molecule has 2 fully saturated rings. The number of aryl methyl sites for hydroxylation is 2. The van der Waals surface area contributed by atoms with Crippen LogP contribution in [0.1, 0.15) is 126 Å². The molecule has 14 heteroatoms. The van der Waals surface area contributed by atoms with Crippen molar-refractivity contribution in [1.29, 1.82) is 0 Å². The Hall–Kier alpha value is -4.13. The zero-order valence-corrected chi connectivity index (χ0v) is 31.8. The summed E-state index contributed by atoms with van der Waals surface area (Å²) in [5.41, 5.74) is 4.91. The number of H-pyrrole nitrogens is 1. The summed E-state index contributed by atoms with van der Waals surface area (Å²) >= 11 is 6.42. The number of fused-ring (bicyclic) bond motifs is 2. The number of nitrogens with zero attached hydrogens (tertiary/aromatic N) is 7. The third-order valence-corrected chi connectivity index (χ3v) is 9.54. The van der Waals surface area contributed by atoms with E-state index in [4.69, 9.17) is 21.1 Å². The summed E-state index contributed by atoms with van der Waals surface area (Å²) in [6.45, 7) is 20.0. The Morgan fingerprint density at radius 3 is 1.88 bits per heavy atom. The SMILES string of the molecule is Cc1nc2cc([C@@H]3CCCCN3C(=O)OC(C)(C)C)[nH]n2c(=O)c1C.Cc1nc2cc([C@@H]3CCCCN3C(=O)OC(C)(C)C)nn2c(Cl)c1C. The second-order valence-electron chi connectivity index (χ2n) is 15.4. The molecular weight excluding hydrogens is 660 g/mol. The van der Waals surface area contributed by atoms with Crippen LogP contribution in [0, 0.1) is 27.7 Å². The van der Waals surface area contributed by atoms with Crippen molar-refractivity contribution in [2.75, 3.05) is 13.1 Å². The molecule has 2 aliphatic heterocycles. The van der Waals surface area contributed by atoms with Crippen molar-refractivity contribution in [3.63, 3.8) is 0 Å². The molecule has 0 aliphatic carbocycles. The molecule has 272 valence electrons. The molecule has 0 aromatic carbocycles. The van der Waals surface area contributed by atoms with Crippen molar-refractivity contribution in [3.8, 4) is 0 Å². The van der Waals surface area contributed by atoms with Gasteiger partial charge in [0.2, 0.25) is 0 Å². The van der Waals surface area contributed by atoms with Crippen molar-refractivity contribution in [2.45, 2.75) is 131 Å². The maximum Gasteiger partial charge on any atom is 0.410 e. The Morgan fingerprint density at radius 2 is 1.30 bits per heavy atom. The van der Waals surface area contributed by atoms with E-state index in [9.17, 15) is 14.4 Å². The number of likely N-dealkylation sites (tertiary alicyclic amines) is 2. The largest absolute Gasteiger partial charge is 0.444 e. The lowest BCUT2D eigenvalue weighted by molar-refractivity contribution is 0.00800. The molecule has 0 radical (unpaired) electrons. The van der Waals surface area contributed by atoms with Gasteiger partial charge >= 0.3 is 12.2 Å². The van der Waals surface area contributed by atoms with Gasteiger partial charge in [-0.2, -0.15) is 5.10 Å². The van der Waals surface area contributed by atoms with Crippen LogP contribution >= 0.6 is 11.6 Å². The molecule has 2 amide bonds. The minimum Gasteiger partial charge on any atom is -0.444 e. The van der Waals surface area contributed by atoms with E-state index in [1.54, 1.807) is 21.2 Å². The van der Waals surface area contributed by atoms with Gasteiger partial charge in [0.15, 0.2) is 11.3 Å². The van der Waals surface area contributed by atoms with Crippen molar-refractivity contribution in [2.24, 2.45) is 0 Å². The van der Waals surface area contributed by atoms with Crippen LogP contribution in [0.5, 0.6) is 0 Å². The molecule has 2 saturated heterocycles. The van der Waals surface area contributed by atoms with E-state index in [1.165, 1.54) is 4.52 Å². The van der Waals surface area contributed by atoms with Crippen molar-refractivity contribution in [1.82, 2.24) is 39.0 Å². The van der Waals surface area contributed by atoms with E-state index in [1.807, 2.05) is 74.4 Å². The van der Waals surface area contributed by atoms with Gasteiger partial charge < -0.3 is 9.47 Å². The summed E-state index contributed by atoms with van der Waals surface area (Å²) in [5, 5.41) is 8.34. The van der Waals surface area contributed by atoms with Crippen molar-refractivity contribution >= 4 is 35.1 Å². The lowest BCUT2D eigenvalue weighted by Gasteiger charge is -2.36. The van der Waals surface area contributed by atoms with Crippen molar-refractivity contribution in [3.05, 3.63) is 61.5 Å². The summed E-state index contributed by atoms with van der Waals surface area (Å²) in [6, 6.07) is 3.54. The van der Waals surface area contributed by atoms with Crippen LogP contribution in [0.15, 0.2) is 16.9 Å². The highest BCUT2D eigenvalue weighted by Crippen LogP contribution is 2.34. The highest BCUT2D eigenvalue weighted by atomic mass is 35.5. The van der Waals surface area contributed by atoms with Gasteiger partial charge in [0, 0.05) is 47.7 Å². The number of aromatic nitrogens is 6. The van der Waals surface area contributed by atoms with Crippen LogP contribution in [0.2, 0.25) is 5.15 Å². The van der Waals surface area contributed by atoms with Gasteiger partial charge in [-0.15, -0.1) is 0 Å². The first-order chi connectivity index (χ1) is 23.3. The topological polar surface area (TPSA) is 139 Å². The van der Waals surface area contributed by atoms with Crippen LogP contribution in [0.3, 0.4) is 0 Å². The number of carbonyl (C=O) groups excluding carboxylic acids is 2. The molecule has 2 atom stereocenters. The fourth-order valence-corrected chi connectivity index (χ4v) is 6.58. The summed E-state index contributed by atoms with van der Waals surface area (Å²) < 4.78 is 14.2. The molecule has 0 saturated carbocycles. The highest BCUT2D eigenvalue weighted by molar-refractivity contribution is 6.30. The molecule has 0 spiro atoms. The van der Waals surface area contributed by atoms with Gasteiger partial charge in [0.25, 0.3) is 5.56 Å². The molecule has 0 bridgehead atoms. The Morgan fingerprint density at radius 1 is 0.780 bits per heavy atom. The highest BCUT2D eigenvalue weighted by Gasteiger charge is 2.34. The molecule has 6 heterocycles. The Balaban J connectivity index is 0.000000194. The standard InChI is InChI=1S/C18H25ClN4O2.C18H26N4O3/c1-11-12(2)20-15-10-13(21-23(15)16(11)19)14-8-6-7-9-22(14)17(24)25-18(3,4)5;1-11-12(2)19-15-10-13(20-22(15)16(11)23)14-8-6-7-9-21(14)17(24)25-18(3,4)5/h10,14H,6-9H2,1-5H3;10,14,20H,6-9H2,1-5H3/t2*14-/m00/s1. The number of amides is 2. The van der Waals surface area contributed by atoms with E-state index < -0.39 is 11.2 Å².